The number of rotatable bonds is 9. The van der Waals surface area contributed by atoms with Crippen LogP contribution in [0.4, 0.5) is 8.78 Å². The molecule has 8 heteroatoms. The molecule has 0 aromatic heterocycles. The van der Waals surface area contributed by atoms with Crippen molar-refractivity contribution in [1.82, 2.24) is 0 Å². The molecule has 0 saturated carbocycles. The first-order chi connectivity index (χ1) is 13.3. The van der Waals surface area contributed by atoms with E-state index in [0.717, 1.165) is 0 Å². The van der Waals surface area contributed by atoms with Crippen molar-refractivity contribution in [2.45, 2.75) is 33.2 Å². The lowest BCUT2D eigenvalue weighted by Crippen LogP contribution is -2.26. The molecule has 0 heterocycles. The highest BCUT2D eigenvalue weighted by Gasteiger charge is 2.17. The zero-order valence-corrected chi connectivity index (χ0v) is 15.6. The maximum atomic E-state index is 12.3. The number of methoxy groups -OCH3 is 1. The number of hydrogen-bond donors (Lipinski definition) is 0. The van der Waals surface area contributed by atoms with E-state index in [9.17, 15) is 18.4 Å². The number of carbonyl (C=O) groups is 2. The summed E-state index contributed by atoms with van der Waals surface area (Å²) in [5.41, 5.74) is 1.07. The van der Waals surface area contributed by atoms with Crippen LogP contribution in [-0.2, 0) is 16.1 Å². The number of ketones is 1. The summed E-state index contributed by atoms with van der Waals surface area (Å²) in [7, 11) is 1.32. The molecule has 6 nitrogen and oxygen atoms in total. The molecule has 2 rings (SSSR count). The van der Waals surface area contributed by atoms with Gasteiger partial charge in [-0.05, 0) is 55.8 Å². The van der Waals surface area contributed by atoms with Crippen molar-refractivity contribution >= 4 is 11.8 Å². The Bertz CT molecular complexity index is 820. The van der Waals surface area contributed by atoms with Gasteiger partial charge in [0.25, 0.3) is 0 Å². The van der Waals surface area contributed by atoms with Crippen LogP contribution in [0.25, 0.3) is 0 Å². The van der Waals surface area contributed by atoms with Crippen LogP contribution in [0.2, 0.25) is 0 Å². The van der Waals surface area contributed by atoms with E-state index >= 15 is 0 Å². The lowest BCUT2D eigenvalue weighted by molar-refractivity contribution is -0.152. The molecule has 0 fully saturated rings. The monoisotopic (exact) mass is 394 g/mol. The van der Waals surface area contributed by atoms with Crippen LogP contribution in [0, 0.1) is 0 Å². The summed E-state index contributed by atoms with van der Waals surface area (Å²) in [6, 6.07) is 10.6. The zero-order valence-electron chi connectivity index (χ0n) is 15.6. The molecule has 0 N–H and O–H groups in total. The quantitative estimate of drug-likeness (QED) is 0.473. The van der Waals surface area contributed by atoms with Gasteiger partial charge < -0.3 is 18.9 Å². The fourth-order valence-electron chi connectivity index (χ4n) is 2.29. The smallest absolute Gasteiger partial charge is 0.387 e. The summed E-state index contributed by atoms with van der Waals surface area (Å²) in [6.45, 7) is -0.0837. The fourth-order valence-corrected chi connectivity index (χ4v) is 2.29. The molecule has 0 aliphatic carbocycles. The molecule has 0 bridgehead atoms. The number of alkyl halides is 2. The average Bonchev–Trinajstić information content (AvgIpc) is 2.66. The zero-order chi connectivity index (χ0) is 20.7. The Kier molecular flexibility index (Phi) is 7.31. The Hall–Kier alpha value is -3.16. The van der Waals surface area contributed by atoms with E-state index < -0.39 is 18.7 Å². The van der Waals surface area contributed by atoms with Gasteiger partial charge in [-0.3, -0.25) is 4.79 Å². The summed E-state index contributed by atoms with van der Waals surface area (Å²) < 4.78 is 44.7. The molecule has 0 spiro atoms. The molecular formula is C20H20F2O6. The van der Waals surface area contributed by atoms with Crippen LogP contribution in [0.15, 0.2) is 42.5 Å². The van der Waals surface area contributed by atoms with E-state index in [-0.39, 0.29) is 23.9 Å². The van der Waals surface area contributed by atoms with Crippen molar-refractivity contribution in [3.63, 3.8) is 0 Å². The Morgan fingerprint density at radius 1 is 1.00 bits per heavy atom. The molecule has 0 aliphatic heterocycles. The molecule has 1 atom stereocenters. The van der Waals surface area contributed by atoms with Gasteiger partial charge >= 0.3 is 12.6 Å². The highest BCUT2D eigenvalue weighted by Crippen LogP contribution is 2.29. The highest BCUT2D eigenvalue weighted by molar-refractivity contribution is 5.94. The molecule has 28 heavy (non-hydrogen) atoms. The van der Waals surface area contributed by atoms with Crippen molar-refractivity contribution in [2.75, 3.05) is 7.11 Å². The Morgan fingerprint density at radius 2 is 1.68 bits per heavy atom. The SMILES string of the molecule is COc1cc(COC(=O)C(C)Oc2ccc(C(C)=O)cc2)ccc1OC(F)F. The maximum absolute atomic E-state index is 12.3. The standard InChI is InChI=1S/C20H20F2O6/c1-12(23)15-5-7-16(8-6-15)27-13(2)19(24)26-11-14-4-9-17(28-20(21)22)18(10-14)25-3/h4-10,13,20H,11H2,1-3H3. The third-order valence-electron chi connectivity index (χ3n) is 3.73. The van der Waals surface area contributed by atoms with Gasteiger partial charge in [-0.2, -0.15) is 8.78 Å². The van der Waals surface area contributed by atoms with Crippen molar-refractivity contribution in [3.8, 4) is 17.2 Å². The molecule has 0 radical (unpaired) electrons. The summed E-state index contributed by atoms with van der Waals surface area (Å²) in [5, 5.41) is 0. The van der Waals surface area contributed by atoms with Gasteiger partial charge in [-0.1, -0.05) is 6.07 Å². The van der Waals surface area contributed by atoms with Crippen molar-refractivity contribution in [3.05, 3.63) is 53.6 Å². The van der Waals surface area contributed by atoms with Crippen LogP contribution in [0.1, 0.15) is 29.8 Å². The largest absolute Gasteiger partial charge is 0.493 e. The van der Waals surface area contributed by atoms with Crippen molar-refractivity contribution in [1.29, 1.82) is 0 Å². The molecule has 1 unspecified atom stereocenters. The summed E-state index contributed by atoms with van der Waals surface area (Å²) in [5.74, 6) is -0.270. The topological polar surface area (TPSA) is 71.1 Å². The number of Topliss-reactive ketones (excluding diaryl/α,β-unsaturated/α-hetero) is 1. The second-order valence-corrected chi connectivity index (χ2v) is 5.81. The minimum atomic E-state index is -2.97. The van der Waals surface area contributed by atoms with Crippen LogP contribution < -0.4 is 14.2 Å². The van der Waals surface area contributed by atoms with E-state index in [1.807, 2.05) is 0 Å². The third-order valence-corrected chi connectivity index (χ3v) is 3.73. The second-order valence-electron chi connectivity index (χ2n) is 5.81. The van der Waals surface area contributed by atoms with E-state index in [1.54, 1.807) is 24.3 Å². The molecule has 2 aromatic rings. The number of esters is 1. The van der Waals surface area contributed by atoms with Gasteiger partial charge in [0.15, 0.2) is 23.4 Å². The number of carbonyl (C=O) groups excluding carboxylic acids is 2. The number of benzene rings is 2. The van der Waals surface area contributed by atoms with E-state index in [2.05, 4.69) is 4.74 Å². The molecule has 2 aromatic carbocycles. The van der Waals surface area contributed by atoms with Gasteiger partial charge in [0, 0.05) is 5.56 Å². The van der Waals surface area contributed by atoms with E-state index in [4.69, 9.17) is 14.2 Å². The van der Waals surface area contributed by atoms with E-state index in [0.29, 0.717) is 16.9 Å². The van der Waals surface area contributed by atoms with Gasteiger partial charge in [0.1, 0.15) is 12.4 Å². The number of ether oxygens (including phenoxy) is 4. The lowest BCUT2D eigenvalue weighted by Gasteiger charge is -2.15. The van der Waals surface area contributed by atoms with Gasteiger partial charge in [0.05, 0.1) is 7.11 Å². The predicted molar refractivity (Wildman–Crippen MR) is 96.0 cm³/mol. The molecule has 0 amide bonds. The van der Waals surface area contributed by atoms with Gasteiger partial charge in [0.2, 0.25) is 0 Å². The maximum Gasteiger partial charge on any atom is 0.387 e. The first-order valence-corrected chi connectivity index (χ1v) is 8.36. The highest BCUT2D eigenvalue weighted by atomic mass is 19.3. The molecule has 150 valence electrons. The summed E-state index contributed by atoms with van der Waals surface area (Å²) in [6.07, 6.45) is -0.883. The molecule has 0 aliphatic rings. The summed E-state index contributed by atoms with van der Waals surface area (Å²) >= 11 is 0. The minimum Gasteiger partial charge on any atom is -0.493 e. The number of halogens is 2. The average molecular weight is 394 g/mol. The Labute approximate surface area is 161 Å². The summed E-state index contributed by atoms with van der Waals surface area (Å²) in [4.78, 5) is 23.4. The second kappa shape index (κ2) is 9.68. The minimum absolute atomic E-state index is 0.0700. The Morgan fingerprint density at radius 3 is 2.25 bits per heavy atom. The van der Waals surface area contributed by atoms with E-state index in [1.165, 1.54) is 39.2 Å². The number of hydrogen-bond acceptors (Lipinski definition) is 6. The normalized spacial score (nSPS) is 11.6. The third kappa shape index (κ3) is 5.94. The van der Waals surface area contributed by atoms with Gasteiger partial charge in [-0.15, -0.1) is 0 Å². The first-order valence-electron chi connectivity index (χ1n) is 8.36. The lowest BCUT2D eigenvalue weighted by atomic mass is 10.1. The van der Waals surface area contributed by atoms with Crippen molar-refractivity contribution < 1.29 is 37.3 Å². The first kappa shape index (κ1) is 21.1. The van der Waals surface area contributed by atoms with Crippen LogP contribution in [0.3, 0.4) is 0 Å². The van der Waals surface area contributed by atoms with Crippen molar-refractivity contribution in [2.24, 2.45) is 0 Å². The van der Waals surface area contributed by atoms with Gasteiger partial charge in [-0.25, -0.2) is 4.79 Å². The molecular weight excluding hydrogens is 374 g/mol. The Balaban J connectivity index is 1.92. The van der Waals surface area contributed by atoms with Crippen LogP contribution >= 0.6 is 0 Å². The molecule has 0 saturated heterocycles. The van der Waals surface area contributed by atoms with Crippen LogP contribution in [0.5, 0.6) is 17.2 Å². The fraction of sp³-hybridized carbons (Fsp3) is 0.300. The predicted octanol–water partition coefficient (Wildman–Crippen LogP) is 4.01. The van der Waals surface area contributed by atoms with Crippen LogP contribution in [-0.4, -0.2) is 31.6 Å².